The molecule has 2 aromatic carbocycles. The molecule has 4 heteroatoms. The largest absolute Gasteiger partial charge is 0.493 e. The molecule has 1 amide bonds. The SMILES string of the molecule is Cc1cc(C)cc(OCCC(=O)NC2CCOc3ccccc32)c1. The van der Waals surface area contributed by atoms with E-state index >= 15 is 0 Å². The quantitative estimate of drug-likeness (QED) is 0.911. The summed E-state index contributed by atoms with van der Waals surface area (Å²) in [4.78, 5) is 12.2. The molecule has 3 rings (SSSR count). The third-order valence-electron chi connectivity index (χ3n) is 4.09. The lowest BCUT2D eigenvalue weighted by molar-refractivity contribution is -0.122. The van der Waals surface area contributed by atoms with Crippen molar-refractivity contribution >= 4 is 5.91 Å². The van der Waals surface area contributed by atoms with Gasteiger partial charge in [-0.05, 0) is 43.2 Å². The van der Waals surface area contributed by atoms with Crippen LogP contribution in [0.5, 0.6) is 11.5 Å². The van der Waals surface area contributed by atoms with E-state index in [0.29, 0.717) is 19.6 Å². The fourth-order valence-corrected chi connectivity index (χ4v) is 3.04. The minimum atomic E-state index is 0.000998. The first kappa shape index (κ1) is 16.4. The number of hydrogen-bond donors (Lipinski definition) is 1. The predicted octanol–water partition coefficient (Wildman–Crippen LogP) is 3.71. The van der Waals surface area contributed by atoms with Crippen LogP contribution in [0.4, 0.5) is 0 Å². The Kier molecular flexibility index (Phi) is 5.04. The maximum atomic E-state index is 12.2. The predicted molar refractivity (Wildman–Crippen MR) is 93.5 cm³/mol. The number of amides is 1. The van der Waals surface area contributed by atoms with E-state index in [-0.39, 0.29) is 11.9 Å². The number of rotatable bonds is 5. The molecule has 1 heterocycles. The number of para-hydroxylation sites is 1. The van der Waals surface area contributed by atoms with E-state index in [9.17, 15) is 4.79 Å². The molecule has 2 aromatic rings. The Morgan fingerprint density at radius 3 is 2.75 bits per heavy atom. The summed E-state index contributed by atoms with van der Waals surface area (Å²) in [5, 5.41) is 3.09. The summed E-state index contributed by atoms with van der Waals surface area (Å²) in [5.41, 5.74) is 3.37. The highest BCUT2D eigenvalue weighted by Crippen LogP contribution is 2.31. The number of hydrogen-bond acceptors (Lipinski definition) is 3. The zero-order valence-electron chi connectivity index (χ0n) is 14.2. The van der Waals surface area contributed by atoms with Gasteiger partial charge in [-0.25, -0.2) is 0 Å². The van der Waals surface area contributed by atoms with Crippen LogP contribution in [0, 0.1) is 13.8 Å². The summed E-state index contributed by atoms with van der Waals surface area (Å²) in [6, 6.07) is 13.9. The summed E-state index contributed by atoms with van der Waals surface area (Å²) in [7, 11) is 0. The van der Waals surface area contributed by atoms with Crippen LogP contribution in [0.25, 0.3) is 0 Å². The average molecular weight is 325 g/mol. The van der Waals surface area contributed by atoms with E-state index in [0.717, 1.165) is 34.6 Å². The Bertz CT molecular complexity index is 706. The molecule has 1 atom stereocenters. The van der Waals surface area contributed by atoms with E-state index in [1.165, 1.54) is 0 Å². The number of ether oxygens (including phenoxy) is 2. The standard InChI is InChI=1S/C20H23NO3/c1-14-11-15(2)13-16(12-14)23-10-8-20(22)21-18-7-9-24-19-6-4-3-5-17(18)19/h3-6,11-13,18H,7-10H2,1-2H3,(H,21,22). The molecule has 0 saturated heterocycles. The minimum Gasteiger partial charge on any atom is -0.493 e. The summed E-state index contributed by atoms with van der Waals surface area (Å²) >= 11 is 0. The molecule has 1 aliphatic heterocycles. The molecule has 0 bridgehead atoms. The van der Waals surface area contributed by atoms with Gasteiger partial charge in [-0.1, -0.05) is 24.3 Å². The molecular formula is C20H23NO3. The lowest BCUT2D eigenvalue weighted by Crippen LogP contribution is -2.32. The summed E-state index contributed by atoms with van der Waals surface area (Å²) in [6.45, 7) is 5.07. The monoisotopic (exact) mass is 325 g/mol. The minimum absolute atomic E-state index is 0.000998. The lowest BCUT2D eigenvalue weighted by Gasteiger charge is -2.26. The highest BCUT2D eigenvalue weighted by Gasteiger charge is 2.22. The van der Waals surface area contributed by atoms with Crippen molar-refractivity contribution in [3.05, 3.63) is 59.2 Å². The van der Waals surface area contributed by atoms with Crippen molar-refractivity contribution in [2.75, 3.05) is 13.2 Å². The van der Waals surface area contributed by atoms with Gasteiger partial charge in [0.1, 0.15) is 11.5 Å². The number of fused-ring (bicyclic) bond motifs is 1. The molecule has 0 aliphatic carbocycles. The van der Waals surface area contributed by atoms with E-state index in [1.807, 2.05) is 50.2 Å². The Balaban J connectivity index is 1.51. The third-order valence-corrected chi connectivity index (χ3v) is 4.09. The Labute approximate surface area is 142 Å². The normalized spacial score (nSPS) is 16.0. The molecule has 4 nitrogen and oxygen atoms in total. The molecule has 0 fully saturated rings. The van der Waals surface area contributed by atoms with Crippen molar-refractivity contribution in [3.8, 4) is 11.5 Å². The zero-order chi connectivity index (χ0) is 16.9. The van der Waals surface area contributed by atoms with Crippen molar-refractivity contribution in [1.82, 2.24) is 5.32 Å². The second-order valence-corrected chi connectivity index (χ2v) is 6.22. The van der Waals surface area contributed by atoms with Gasteiger partial charge in [0.15, 0.2) is 0 Å². The Hall–Kier alpha value is -2.49. The van der Waals surface area contributed by atoms with Gasteiger partial charge in [-0.3, -0.25) is 4.79 Å². The first-order valence-corrected chi connectivity index (χ1v) is 8.34. The second-order valence-electron chi connectivity index (χ2n) is 6.22. The molecule has 0 radical (unpaired) electrons. The van der Waals surface area contributed by atoms with Gasteiger partial charge in [-0.15, -0.1) is 0 Å². The molecule has 1 aliphatic rings. The maximum absolute atomic E-state index is 12.2. The lowest BCUT2D eigenvalue weighted by atomic mass is 10.0. The fourth-order valence-electron chi connectivity index (χ4n) is 3.04. The van der Waals surface area contributed by atoms with Crippen molar-refractivity contribution in [3.63, 3.8) is 0 Å². The van der Waals surface area contributed by atoms with Gasteiger partial charge < -0.3 is 14.8 Å². The van der Waals surface area contributed by atoms with Crippen molar-refractivity contribution in [2.45, 2.75) is 32.7 Å². The molecule has 0 saturated carbocycles. The number of aryl methyl sites for hydroxylation is 2. The molecule has 0 aromatic heterocycles. The molecule has 1 N–H and O–H groups in total. The summed E-state index contributed by atoms with van der Waals surface area (Å²) in [6.07, 6.45) is 1.13. The fraction of sp³-hybridized carbons (Fsp3) is 0.350. The Morgan fingerprint density at radius 2 is 1.96 bits per heavy atom. The van der Waals surface area contributed by atoms with E-state index in [1.54, 1.807) is 0 Å². The van der Waals surface area contributed by atoms with E-state index in [4.69, 9.17) is 9.47 Å². The van der Waals surface area contributed by atoms with Gasteiger partial charge >= 0.3 is 0 Å². The van der Waals surface area contributed by atoms with Crippen LogP contribution in [0.1, 0.15) is 35.6 Å². The van der Waals surface area contributed by atoms with E-state index in [2.05, 4.69) is 11.4 Å². The van der Waals surface area contributed by atoms with Crippen LogP contribution in [-0.4, -0.2) is 19.1 Å². The van der Waals surface area contributed by atoms with Gasteiger partial charge in [0.25, 0.3) is 0 Å². The molecule has 1 unspecified atom stereocenters. The topological polar surface area (TPSA) is 47.6 Å². The van der Waals surface area contributed by atoms with Gasteiger partial charge in [-0.2, -0.15) is 0 Å². The number of carbonyl (C=O) groups excluding carboxylic acids is 1. The van der Waals surface area contributed by atoms with Crippen LogP contribution in [-0.2, 0) is 4.79 Å². The van der Waals surface area contributed by atoms with Crippen molar-refractivity contribution in [2.24, 2.45) is 0 Å². The smallest absolute Gasteiger partial charge is 0.223 e. The molecular weight excluding hydrogens is 302 g/mol. The number of benzene rings is 2. The van der Waals surface area contributed by atoms with Crippen LogP contribution in [0.3, 0.4) is 0 Å². The summed E-state index contributed by atoms with van der Waals surface area (Å²) < 4.78 is 11.3. The van der Waals surface area contributed by atoms with E-state index < -0.39 is 0 Å². The maximum Gasteiger partial charge on any atom is 0.223 e. The third kappa shape index (κ3) is 4.07. The molecule has 0 spiro atoms. The van der Waals surface area contributed by atoms with Crippen LogP contribution < -0.4 is 14.8 Å². The van der Waals surface area contributed by atoms with Crippen LogP contribution >= 0.6 is 0 Å². The Morgan fingerprint density at radius 1 is 1.21 bits per heavy atom. The first-order valence-electron chi connectivity index (χ1n) is 8.34. The van der Waals surface area contributed by atoms with Crippen molar-refractivity contribution in [1.29, 1.82) is 0 Å². The highest BCUT2D eigenvalue weighted by atomic mass is 16.5. The van der Waals surface area contributed by atoms with Crippen LogP contribution in [0.15, 0.2) is 42.5 Å². The second kappa shape index (κ2) is 7.39. The number of carbonyl (C=O) groups is 1. The van der Waals surface area contributed by atoms with Crippen molar-refractivity contribution < 1.29 is 14.3 Å². The first-order chi connectivity index (χ1) is 11.6. The van der Waals surface area contributed by atoms with Gasteiger partial charge in [0.2, 0.25) is 5.91 Å². The summed E-state index contributed by atoms with van der Waals surface area (Å²) in [5.74, 6) is 1.68. The highest BCUT2D eigenvalue weighted by molar-refractivity contribution is 5.76. The average Bonchev–Trinajstić information content (AvgIpc) is 2.54. The zero-order valence-corrected chi connectivity index (χ0v) is 14.2. The number of nitrogens with one attached hydrogen (secondary N) is 1. The molecule has 24 heavy (non-hydrogen) atoms. The molecule has 126 valence electrons. The van der Waals surface area contributed by atoms with Crippen LogP contribution in [0.2, 0.25) is 0 Å². The van der Waals surface area contributed by atoms with Gasteiger partial charge in [0, 0.05) is 12.0 Å². The van der Waals surface area contributed by atoms with Gasteiger partial charge in [0.05, 0.1) is 25.7 Å².